The Morgan fingerprint density at radius 2 is 1.96 bits per heavy atom. The molecule has 0 fully saturated rings. The van der Waals surface area contributed by atoms with E-state index < -0.39 is 0 Å². The van der Waals surface area contributed by atoms with Crippen LogP contribution in [0.15, 0.2) is 87.3 Å². The molecule has 0 saturated carbocycles. The molecule has 6 rings (SSSR count). The van der Waals surface area contributed by atoms with Gasteiger partial charge in [-0.25, -0.2) is 0 Å². The molecule has 0 spiro atoms. The summed E-state index contributed by atoms with van der Waals surface area (Å²) in [5.41, 5.74) is 4.36. The van der Waals surface area contributed by atoms with Crippen LogP contribution in [0.25, 0.3) is 21.9 Å². The second kappa shape index (κ2) is 5.74. The fourth-order valence-corrected chi connectivity index (χ4v) is 4.82. The number of ether oxygens (including phenoxy) is 1. The molecule has 0 bridgehead atoms. The molecule has 3 heteroatoms. The van der Waals surface area contributed by atoms with Crippen LogP contribution >= 0.6 is 15.9 Å². The van der Waals surface area contributed by atoms with Gasteiger partial charge in [0.15, 0.2) is 11.3 Å². The lowest BCUT2D eigenvalue weighted by molar-refractivity contribution is 0.268. The van der Waals surface area contributed by atoms with Crippen LogP contribution in [0.5, 0.6) is 5.75 Å². The fourth-order valence-electron chi connectivity index (χ4n) is 4.46. The summed E-state index contributed by atoms with van der Waals surface area (Å²) in [5, 5.41) is 2.23. The topological polar surface area (TPSA) is 22.4 Å². The molecule has 3 aromatic rings. The van der Waals surface area contributed by atoms with Crippen molar-refractivity contribution >= 4 is 37.9 Å². The van der Waals surface area contributed by atoms with Crippen LogP contribution in [-0.2, 0) is 0 Å². The first-order valence-electron chi connectivity index (χ1n) is 9.32. The van der Waals surface area contributed by atoms with Gasteiger partial charge in [0, 0.05) is 32.6 Å². The molecule has 0 N–H and O–H groups in total. The molecule has 2 heterocycles. The highest BCUT2D eigenvalue weighted by Crippen LogP contribution is 2.48. The molecule has 1 aliphatic heterocycles. The summed E-state index contributed by atoms with van der Waals surface area (Å²) < 4.78 is 13.6. The van der Waals surface area contributed by atoms with Gasteiger partial charge in [-0.3, -0.25) is 0 Å². The minimum Gasteiger partial charge on any atom is -0.481 e. The Balaban J connectivity index is 1.48. The highest BCUT2D eigenvalue weighted by molar-refractivity contribution is 9.10. The maximum atomic E-state index is 6.35. The van der Waals surface area contributed by atoms with Gasteiger partial charge >= 0.3 is 0 Å². The van der Waals surface area contributed by atoms with Crippen LogP contribution in [-0.4, -0.2) is 6.10 Å². The van der Waals surface area contributed by atoms with Gasteiger partial charge < -0.3 is 9.15 Å². The van der Waals surface area contributed by atoms with Gasteiger partial charge in [-0.05, 0) is 42.3 Å². The molecular weight excluding hydrogens is 400 g/mol. The van der Waals surface area contributed by atoms with Gasteiger partial charge in [-0.15, -0.1) is 0 Å². The summed E-state index contributed by atoms with van der Waals surface area (Å²) in [6.45, 7) is 0. The molecule has 3 unspecified atom stereocenters. The number of furan rings is 1. The van der Waals surface area contributed by atoms with Gasteiger partial charge in [0.1, 0.15) is 11.7 Å². The van der Waals surface area contributed by atoms with Crippen molar-refractivity contribution in [1.29, 1.82) is 0 Å². The number of benzene rings is 2. The zero-order valence-corrected chi connectivity index (χ0v) is 16.1. The van der Waals surface area contributed by atoms with Crippen LogP contribution in [0.3, 0.4) is 0 Å². The highest BCUT2D eigenvalue weighted by atomic mass is 79.9. The summed E-state index contributed by atoms with van der Waals surface area (Å²) in [4.78, 5) is 0. The SMILES string of the molecule is Brc1ccc2oc3c4c(ccc3c2c1)C1C=C(C2C=CC=CC2)C=CC1O4. The van der Waals surface area contributed by atoms with Crippen LogP contribution in [0.4, 0.5) is 0 Å². The lowest BCUT2D eigenvalue weighted by Gasteiger charge is -2.22. The Morgan fingerprint density at radius 1 is 1.00 bits per heavy atom. The van der Waals surface area contributed by atoms with E-state index in [4.69, 9.17) is 9.15 Å². The molecule has 3 aliphatic rings. The van der Waals surface area contributed by atoms with E-state index in [2.05, 4.69) is 76.7 Å². The average Bonchev–Trinajstić information content (AvgIpc) is 3.26. The van der Waals surface area contributed by atoms with Crippen molar-refractivity contribution in [3.05, 3.63) is 88.5 Å². The normalized spacial score (nSPS) is 25.5. The zero-order valence-electron chi connectivity index (χ0n) is 14.6. The molecule has 0 radical (unpaired) electrons. The van der Waals surface area contributed by atoms with Crippen LogP contribution in [0, 0.1) is 5.92 Å². The van der Waals surface area contributed by atoms with Crippen molar-refractivity contribution in [3.63, 3.8) is 0 Å². The van der Waals surface area contributed by atoms with E-state index in [1.165, 1.54) is 11.1 Å². The Labute approximate surface area is 165 Å². The van der Waals surface area contributed by atoms with Gasteiger partial charge in [0.2, 0.25) is 0 Å². The molecule has 0 amide bonds. The van der Waals surface area contributed by atoms with E-state index in [1.807, 2.05) is 12.1 Å². The number of halogens is 1. The first kappa shape index (κ1) is 15.5. The first-order valence-corrected chi connectivity index (χ1v) is 10.1. The minimum atomic E-state index is 0.0532. The van der Waals surface area contributed by atoms with E-state index in [0.29, 0.717) is 5.92 Å². The third-order valence-corrected chi connectivity index (χ3v) is 6.31. The maximum Gasteiger partial charge on any atom is 0.177 e. The van der Waals surface area contributed by atoms with Crippen molar-refractivity contribution < 1.29 is 9.15 Å². The van der Waals surface area contributed by atoms with Gasteiger partial charge in [0.05, 0.1) is 0 Å². The van der Waals surface area contributed by atoms with Crippen molar-refractivity contribution in [2.24, 2.45) is 5.92 Å². The minimum absolute atomic E-state index is 0.0532. The molecule has 132 valence electrons. The van der Waals surface area contributed by atoms with E-state index in [1.54, 1.807) is 0 Å². The lowest BCUT2D eigenvalue weighted by Crippen LogP contribution is -2.19. The molecule has 1 aromatic heterocycles. The molecule has 2 aliphatic carbocycles. The largest absolute Gasteiger partial charge is 0.481 e. The third-order valence-electron chi connectivity index (χ3n) is 5.81. The van der Waals surface area contributed by atoms with E-state index in [9.17, 15) is 0 Å². The van der Waals surface area contributed by atoms with Crippen LogP contribution in [0.1, 0.15) is 17.9 Å². The van der Waals surface area contributed by atoms with Gasteiger partial charge in [-0.2, -0.15) is 0 Å². The number of hydrogen-bond donors (Lipinski definition) is 0. The van der Waals surface area contributed by atoms with Crippen molar-refractivity contribution in [1.82, 2.24) is 0 Å². The second-order valence-corrected chi connectivity index (χ2v) is 8.31. The number of fused-ring (bicyclic) bond motifs is 7. The summed E-state index contributed by atoms with van der Waals surface area (Å²) in [6, 6.07) is 10.5. The molecule has 27 heavy (non-hydrogen) atoms. The summed E-state index contributed by atoms with van der Waals surface area (Å²) in [6.07, 6.45) is 16.7. The van der Waals surface area contributed by atoms with Crippen molar-refractivity contribution in [2.75, 3.05) is 0 Å². The van der Waals surface area contributed by atoms with E-state index >= 15 is 0 Å². The zero-order chi connectivity index (χ0) is 18.0. The predicted octanol–water partition coefficient (Wildman–Crippen LogP) is 6.82. The monoisotopic (exact) mass is 416 g/mol. The summed E-state index contributed by atoms with van der Waals surface area (Å²) >= 11 is 3.56. The van der Waals surface area contributed by atoms with Crippen LogP contribution in [0.2, 0.25) is 0 Å². The molecular formula is C24H17BrO2. The molecule has 2 nitrogen and oxygen atoms in total. The first-order chi connectivity index (χ1) is 13.3. The quantitative estimate of drug-likeness (QED) is 0.434. The lowest BCUT2D eigenvalue weighted by atomic mass is 9.82. The predicted molar refractivity (Wildman–Crippen MR) is 112 cm³/mol. The molecule has 3 atom stereocenters. The molecule has 2 aromatic carbocycles. The van der Waals surface area contributed by atoms with E-state index in [-0.39, 0.29) is 12.0 Å². The van der Waals surface area contributed by atoms with Gasteiger partial charge in [0.25, 0.3) is 0 Å². The average molecular weight is 417 g/mol. The Morgan fingerprint density at radius 3 is 2.85 bits per heavy atom. The standard InChI is InChI=1S/C24H17BrO2/c25-16-7-11-22-20(13-16)18-9-8-17-19-12-15(14-4-2-1-3-5-14)6-10-21(19)26-23(17)24(18)27-22/h1-4,6-14,19,21H,5H2. The number of hydrogen-bond acceptors (Lipinski definition) is 2. The third kappa shape index (κ3) is 2.31. The summed E-state index contributed by atoms with van der Waals surface area (Å²) in [5.74, 6) is 1.61. The number of allylic oxidation sites excluding steroid dienone is 6. The van der Waals surface area contributed by atoms with Crippen molar-refractivity contribution in [2.45, 2.75) is 18.4 Å². The van der Waals surface area contributed by atoms with Gasteiger partial charge in [-0.1, -0.05) is 58.5 Å². The van der Waals surface area contributed by atoms with Crippen molar-refractivity contribution in [3.8, 4) is 5.75 Å². The van der Waals surface area contributed by atoms with Crippen LogP contribution < -0.4 is 4.74 Å². The second-order valence-electron chi connectivity index (χ2n) is 7.39. The Hall–Kier alpha value is -2.52. The Bertz CT molecular complexity index is 1210. The van der Waals surface area contributed by atoms with E-state index in [0.717, 1.165) is 38.6 Å². The fraction of sp³-hybridized carbons (Fsp3) is 0.167. The highest BCUT2D eigenvalue weighted by Gasteiger charge is 2.36. The molecule has 0 saturated heterocycles. The number of rotatable bonds is 1. The summed E-state index contributed by atoms with van der Waals surface area (Å²) in [7, 11) is 0. The maximum absolute atomic E-state index is 6.35. The Kier molecular flexibility index (Phi) is 3.30. The smallest absolute Gasteiger partial charge is 0.177 e.